The Balaban J connectivity index is 1.73. The lowest BCUT2D eigenvalue weighted by molar-refractivity contribution is 0.141. The molecule has 1 saturated heterocycles. The second kappa shape index (κ2) is 4.72. The van der Waals surface area contributed by atoms with Crippen molar-refractivity contribution in [2.75, 3.05) is 13.1 Å². The Morgan fingerprint density at radius 2 is 1.94 bits per heavy atom. The number of rotatable bonds is 1. The van der Waals surface area contributed by atoms with Crippen LogP contribution in [0.2, 0.25) is 0 Å². The fourth-order valence-corrected chi connectivity index (χ4v) is 2.34. The lowest BCUT2D eigenvalue weighted by Crippen LogP contribution is -2.37. The highest BCUT2D eigenvalue weighted by atomic mass is 16.6. The molecule has 1 aromatic heterocycles. The topological polar surface area (TPSA) is 45.3 Å². The molecular weight excluding hydrogens is 228 g/mol. The van der Waals surface area contributed by atoms with E-state index in [9.17, 15) is 4.79 Å². The summed E-state index contributed by atoms with van der Waals surface area (Å²) in [4.78, 5) is 16.8. The molecule has 1 aliphatic rings. The van der Waals surface area contributed by atoms with Gasteiger partial charge in [-0.1, -0.05) is 18.2 Å². The number of carbonyl (C=O) groups excluding carboxylic acids is 1. The van der Waals surface area contributed by atoms with Gasteiger partial charge in [-0.15, -0.1) is 0 Å². The van der Waals surface area contributed by atoms with Gasteiger partial charge in [0.25, 0.3) is 0 Å². The van der Waals surface area contributed by atoms with E-state index in [1.807, 2.05) is 30.3 Å². The highest BCUT2D eigenvalue weighted by Gasteiger charge is 2.18. The number of hydrogen-bond acceptors (Lipinski definition) is 2. The van der Waals surface area contributed by atoms with Crippen LogP contribution in [0.5, 0.6) is 5.88 Å². The zero-order valence-electron chi connectivity index (χ0n) is 10.2. The van der Waals surface area contributed by atoms with E-state index in [1.165, 1.54) is 6.42 Å². The molecule has 0 bridgehead atoms. The van der Waals surface area contributed by atoms with E-state index >= 15 is 0 Å². The van der Waals surface area contributed by atoms with Crippen molar-refractivity contribution >= 4 is 17.0 Å². The van der Waals surface area contributed by atoms with Crippen molar-refractivity contribution in [2.24, 2.45) is 0 Å². The van der Waals surface area contributed by atoms with Gasteiger partial charge >= 0.3 is 6.09 Å². The Kier molecular flexibility index (Phi) is 2.92. The number of fused-ring (bicyclic) bond motifs is 1. The van der Waals surface area contributed by atoms with Crippen molar-refractivity contribution in [2.45, 2.75) is 19.3 Å². The minimum absolute atomic E-state index is 0.249. The maximum Gasteiger partial charge on any atom is 0.416 e. The average molecular weight is 244 g/mol. The van der Waals surface area contributed by atoms with E-state index < -0.39 is 0 Å². The second-order valence-electron chi connectivity index (χ2n) is 4.64. The van der Waals surface area contributed by atoms with Crippen LogP contribution in [0.25, 0.3) is 10.9 Å². The van der Waals surface area contributed by atoms with Gasteiger partial charge in [-0.2, -0.15) is 0 Å². The molecule has 2 aromatic rings. The van der Waals surface area contributed by atoms with Gasteiger partial charge in [0.1, 0.15) is 0 Å². The van der Waals surface area contributed by atoms with Crippen LogP contribution in [-0.4, -0.2) is 29.1 Å². The fraction of sp³-hybridized carbons (Fsp3) is 0.357. The Labute approximate surface area is 106 Å². The van der Waals surface area contributed by atoms with Crippen LogP contribution < -0.4 is 4.74 Å². The number of likely N-dealkylation sites (tertiary alicyclic amines) is 1. The van der Waals surface area contributed by atoms with E-state index in [4.69, 9.17) is 4.74 Å². The van der Waals surface area contributed by atoms with E-state index in [0.29, 0.717) is 5.88 Å². The van der Waals surface area contributed by atoms with E-state index in [0.717, 1.165) is 36.8 Å². The number of nitrogens with one attached hydrogen (secondary N) is 1. The number of amides is 1. The third-order valence-electron chi connectivity index (χ3n) is 3.32. The molecule has 0 spiro atoms. The lowest BCUT2D eigenvalue weighted by atomic mass is 10.1. The zero-order chi connectivity index (χ0) is 12.4. The smallest absolute Gasteiger partial charge is 0.393 e. The number of benzene rings is 1. The summed E-state index contributed by atoms with van der Waals surface area (Å²) in [7, 11) is 0. The summed E-state index contributed by atoms with van der Waals surface area (Å²) < 4.78 is 5.37. The summed E-state index contributed by atoms with van der Waals surface area (Å²) >= 11 is 0. The molecule has 0 saturated carbocycles. The van der Waals surface area contributed by atoms with Crippen LogP contribution in [0.1, 0.15) is 19.3 Å². The highest BCUT2D eigenvalue weighted by Crippen LogP contribution is 2.21. The quantitative estimate of drug-likeness (QED) is 0.837. The molecule has 4 nitrogen and oxygen atoms in total. The molecule has 0 unspecified atom stereocenters. The molecule has 2 heterocycles. The van der Waals surface area contributed by atoms with E-state index in [-0.39, 0.29) is 6.09 Å². The number of para-hydroxylation sites is 1. The van der Waals surface area contributed by atoms with Crippen molar-refractivity contribution in [1.82, 2.24) is 9.88 Å². The van der Waals surface area contributed by atoms with E-state index in [1.54, 1.807) is 4.90 Å². The van der Waals surface area contributed by atoms with Crippen LogP contribution in [0.3, 0.4) is 0 Å². The molecule has 0 aliphatic carbocycles. The fourth-order valence-electron chi connectivity index (χ4n) is 2.34. The SMILES string of the molecule is O=C(Oc1cc2ccccc2[nH]1)N1CCCCC1. The summed E-state index contributed by atoms with van der Waals surface area (Å²) in [6, 6.07) is 9.73. The largest absolute Gasteiger partial charge is 0.416 e. The Bertz CT molecular complexity index is 523. The molecule has 1 aliphatic heterocycles. The van der Waals surface area contributed by atoms with Crippen molar-refractivity contribution in [3.05, 3.63) is 30.3 Å². The standard InChI is InChI=1S/C14H16N2O2/c17-14(16-8-4-1-5-9-16)18-13-10-11-6-2-3-7-12(11)15-13/h2-3,6-7,10,15H,1,4-5,8-9H2. The molecule has 1 fully saturated rings. The summed E-state index contributed by atoms with van der Waals surface area (Å²) in [5, 5.41) is 1.05. The van der Waals surface area contributed by atoms with Crippen molar-refractivity contribution in [1.29, 1.82) is 0 Å². The molecule has 3 rings (SSSR count). The maximum atomic E-state index is 11.9. The first-order valence-electron chi connectivity index (χ1n) is 6.37. The predicted molar refractivity (Wildman–Crippen MR) is 69.7 cm³/mol. The normalized spacial score (nSPS) is 15.9. The molecule has 1 aromatic carbocycles. The molecule has 0 atom stereocenters. The number of hydrogen-bond donors (Lipinski definition) is 1. The molecular formula is C14H16N2O2. The first kappa shape index (κ1) is 11.1. The van der Waals surface area contributed by atoms with Crippen LogP contribution >= 0.6 is 0 Å². The van der Waals surface area contributed by atoms with Gasteiger partial charge in [0.2, 0.25) is 5.88 Å². The van der Waals surface area contributed by atoms with Crippen LogP contribution in [0.15, 0.2) is 30.3 Å². The van der Waals surface area contributed by atoms with Crippen LogP contribution in [0, 0.1) is 0 Å². The van der Waals surface area contributed by atoms with Gasteiger partial charge in [-0.25, -0.2) is 4.79 Å². The highest BCUT2D eigenvalue weighted by molar-refractivity contribution is 5.82. The number of H-pyrrole nitrogens is 1. The number of nitrogens with zero attached hydrogens (tertiary/aromatic N) is 1. The third kappa shape index (κ3) is 2.18. The van der Waals surface area contributed by atoms with Crippen LogP contribution in [-0.2, 0) is 0 Å². The Morgan fingerprint density at radius 3 is 2.72 bits per heavy atom. The molecule has 1 N–H and O–H groups in total. The number of aromatic nitrogens is 1. The van der Waals surface area contributed by atoms with Crippen molar-refractivity contribution in [3.8, 4) is 5.88 Å². The van der Waals surface area contributed by atoms with Crippen molar-refractivity contribution < 1.29 is 9.53 Å². The first-order chi connectivity index (χ1) is 8.83. The Morgan fingerprint density at radius 1 is 1.17 bits per heavy atom. The van der Waals surface area contributed by atoms with Gasteiger partial charge in [0, 0.05) is 30.1 Å². The van der Waals surface area contributed by atoms with Gasteiger partial charge < -0.3 is 14.6 Å². The number of piperidine rings is 1. The van der Waals surface area contributed by atoms with Gasteiger partial charge in [0.15, 0.2) is 0 Å². The van der Waals surface area contributed by atoms with Gasteiger partial charge in [-0.3, -0.25) is 0 Å². The summed E-state index contributed by atoms with van der Waals surface area (Å²) in [6.45, 7) is 1.61. The molecule has 1 amide bonds. The maximum absolute atomic E-state index is 11.9. The van der Waals surface area contributed by atoms with Crippen molar-refractivity contribution in [3.63, 3.8) is 0 Å². The number of carbonyl (C=O) groups is 1. The van der Waals surface area contributed by atoms with Gasteiger partial charge in [0.05, 0.1) is 0 Å². The molecule has 4 heteroatoms. The number of ether oxygens (including phenoxy) is 1. The van der Waals surface area contributed by atoms with Gasteiger partial charge in [-0.05, 0) is 25.3 Å². The minimum atomic E-state index is -0.249. The predicted octanol–water partition coefficient (Wildman–Crippen LogP) is 3.15. The van der Waals surface area contributed by atoms with E-state index in [2.05, 4.69) is 4.98 Å². The van der Waals surface area contributed by atoms with Crippen LogP contribution in [0.4, 0.5) is 4.79 Å². The zero-order valence-corrected chi connectivity index (χ0v) is 10.2. The first-order valence-corrected chi connectivity index (χ1v) is 6.37. The third-order valence-corrected chi connectivity index (χ3v) is 3.32. The average Bonchev–Trinajstić information content (AvgIpc) is 2.82. The lowest BCUT2D eigenvalue weighted by Gasteiger charge is -2.25. The summed E-state index contributed by atoms with van der Waals surface area (Å²) in [6.07, 6.45) is 3.10. The summed E-state index contributed by atoms with van der Waals surface area (Å²) in [5.41, 5.74) is 0.985. The molecule has 18 heavy (non-hydrogen) atoms. The second-order valence-corrected chi connectivity index (χ2v) is 4.64. The summed E-state index contributed by atoms with van der Waals surface area (Å²) in [5.74, 6) is 0.520. The number of aromatic amines is 1. The molecule has 0 radical (unpaired) electrons. The molecule has 94 valence electrons. The monoisotopic (exact) mass is 244 g/mol. The minimum Gasteiger partial charge on any atom is -0.393 e. The Hall–Kier alpha value is -1.97.